The van der Waals surface area contributed by atoms with E-state index in [1.54, 1.807) is 34.1 Å². The largest absolute Gasteiger partial charge is 0.343 e. The molecule has 3 rings (SSSR count). The standard InChI is InChI=1S/C28H44N6O4/c1-5-31(6-2)25(35)21-11-9-17-33(19-21)27(37)29-23-13-15-24(16-14-23)30-28(38)34-18-10-12-22(20-34)26(36)32(7-3)8-4/h13-16,21-22H,5-12,17-20H2,1-4H3,(H,29,37)(H,30,38)/t21-,22-/m1/s1. The van der Waals surface area contributed by atoms with E-state index in [0.717, 1.165) is 25.7 Å². The molecule has 1 aromatic carbocycles. The number of amides is 6. The van der Waals surface area contributed by atoms with Gasteiger partial charge in [-0.05, 0) is 77.6 Å². The Hall–Kier alpha value is -3.30. The highest BCUT2D eigenvalue weighted by molar-refractivity contribution is 5.92. The van der Waals surface area contributed by atoms with E-state index in [4.69, 9.17) is 0 Å². The molecular weight excluding hydrogens is 484 g/mol. The van der Waals surface area contributed by atoms with E-state index < -0.39 is 0 Å². The van der Waals surface area contributed by atoms with Crippen molar-refractivity contribution < 1.29 is 19.2 Å². The Morgan fingerprint density at radius 2 is 1.03 bits per heavy atom. The molecule has 1 aromatic rings. The first kappa shape index (κ1) is 29.3. The smallest absolute Gasteiger partial charge is 0.321 e. The molecule has 2 aliphatic heterocycles. The number of anilines is 2. The summed E-state index contributed by atoms with van der Waals surface area (Å²) in [6, 6.07) is 6.54. The zero-order valence-corrected chi connectivity index (χ0v) is 23.4. The molecule has 2 aliphatic rings. The molecule has 2 heterocycles. The Labute approximate surface area is 226 Å². The van der Waals surface area contributed by atoms with Gasteiger partial charge in [-0.2, -0.15) is 0 Å². The van der Waals surface area contributed by atoms with Gasteiger partial charge in [0.15, 0.2) is 0 Å². The summed E-state index contributed by atoms with van der Waals surface area (Å²) in [5.74, 6) is -0.0950. The molecule has 2 saturated heterocycles. The Balaban J connectivity index is 1.51. The quantitative estimate of drug-likeness (QED) is 0.534. The van der Waals surface area contributed by atoms with Gasteiger partial charge >= 0.3 is 12.1 Å². The van der Waals surface area contributed by atoms with Crippen LogP contribution in [-0.2, 0) is 9.59 Å². The van der Waals surface area contributed by atoms with Crippen molar-refractivity contribution in [3.63, 3.8) is 0 Å². The SMILES string of the molecule is CCN(CC)C(=O)[C@@H]1CCCN(C(=O)Nc2ccc(NC(=O)N3CCC[C@@H](C(=O)N(CC)CC)C3)cc2)C1. The highest BCUT2D eigenvalue weighted by Gasteiger charge is 2.31. The third kappa shape index (κ3) is 7.39. The minimum absolute atomic E-state index is 0.116. The average molecular weight is 529 g/mol. The second kappa shape index (κ2) is 14.0. The predicted octanol–water partition coefficient (Wildman–Crippen LogP) is 3.91. The van der Waals surface area contributed by atoms with Crippen LogP contribution in [0.2, 0.25) is 0 Å². The van der Waals surface area contributed by atoms with Gasteiger partial charge in [0.25, 0.3) is 0 Å². The van der Waals surface area contributed by atoms with Crippen LogP contribution in [0.3, 0.4) is 0 Å². The molecule has 0 radical (unpaired) electrons. The lowest BCUT2D eigenvalue weighted by molar-refractivity contribution is -0.137. The monoisotopic (exact) mass is 528 g/mol. The Kier molecular flexibility index (Phi) is 10.8. The predicted molar refractivity (Wildman–Crippen MR) is 149 cm³/mol. The van der Waals surface area contributed by atoms with Crippen molar-refractivity contribution in [2.75, 3.05) is 63.0 Å². The van der Waals surface area contributed by atoms with Crippen LogP contribution < -0.4 is 10.6 Å². The normalized spacial score (nSPS) is 19.5. The van der Waals surface area contributed by atoms with Crippen molar-refractivity contribution in [1.29, 1.82) is 0 Å². The molecular formula is C28H44N6O4. The number of nitrogens with zero attached hydrogens (tertiary/aromatic N) is 4. The second-order valence-electron chi connectivity index (χ2n) is 10.0. The van der Waals surface area contributed by atoms with E-state index >= 15 is 0 Å². The molecule has 10 nitrogen and oxygen atoms in total. The van der Waals surface area contributed by atoms with Gasteiger partial charge in [0.1, 0.15) is 0 Å². The topological polar surface area (TPSA) is 105 Å². The fourth-order valence-electron chi connectivity index (χ4n) is 5.36. The van der Waals surface area contributed by atoms with Crippen LogP contribution in [0.5, 0.6) is 0 Å². The molecule has 0 spiro atoms. The molecule has 0 unspecified atom stereocenters. The number of nitrogens with one attached hydrogen (secondary N) is 2. The molecule has 2 N–H and O–H groups in total. The molecule has 210 valence electrons. The number of piperidine rings is 2. The average Bonchev–Trinajstić information content (AvgIpc) is 2.95. The highest BCUT2D eigenvalue weighted by atomic mass is 16.2. The summed E-state index contributed by atoms with van der Waals surface area (Å²) in [6.45, 7) is 12.7. The molecule has 2 atom stereocenters. The summed E-state index contributed by atoms with van der Waals surface area (Å²) in [7, 11) is 0. The molecule has 0 bridgehead atoms. The lowest BCUT2D eigenvalue weighted by atomic mass is 9.96. The summed E-state index contributed by atoms with van der Waals surface area (Å²) in [5, 5.41) is 5.82. The maximum absolute atomic E-state index is 12.9. The first-order chi connectivity index (χ1) is 18.3. The van der Waals surface area contributed by atoms with Crippen molar-refractivity contribution >= 4 is 35.3 Å². The molecule has 6 amide bonds. The van der Waals surface area contributed by atoms with E-state index in [2.05, 4.69) is 10.6 Å². The molecule has 0 saturated carbocycles. The Morgan fingerprint density at radius 1 is 0.684 bits per heavy atom. The zero-order chi connectivity index (χ0) is 27.7. The van der Waals surface area contributed by atoms with Crippen molar-refractivity contribution in [3.05, 3.63) is 24.3 Å². The number of carbonyl (C=O) groups is 4. The molecule has 0 aliphatic carbocycles. The van der Waals surface area contributed by atoms with Crippen LogP contribution in [0, 0.1) is 11.8 Å². The van der Waals surface area contributed by atoms with Crippen LogP contribution in [0.1, 0.15) is 53.4 Å². The van der Waals surface area contributed by atoms with Crippen molar-refractivity contribution in [1.82, 2.24) is 19.6 Å². The van der Waals surface area contributed by atoms with Crippen LogP contribution in [0.25, 0.3) is 0 Å². The maximum atomic E-state index is 12.9. The molecule has 10 heteroatoms. The summed E-state index contributed by atoms with van der Waals surface area (Å²) in [4.78, 5) is 58.3. The second-order valence-corrected chi connectivity index (χ2v) is 10.0. The van der Waals surface area contributed by atoms with E-state index in [1.165, 1.54) is 0 Å². The highest BCUT2D eigenvalue weighted by Crippen LogP contribution is 2.22. The number of carbonyl (C=O) groups excluding carboxylic acids is 4. The first-order valence-electron chi connectivity index (χ1n) is 14.1. The van der Waals surface area contributed by atoms with Gasteiger partial charge in [0.05, 0.1) is 11.8 Å². The van der Waals surface area contributed by atoms with Crippen molar-refractivity contribution in [2.45, 2.75) is 53.4 Å². The van der Waals surface area contributed by atoms with E-state index in [-0.39, 0.29) is 35.7 Å². The van der Waals surface area contributed by atoms with E-state index in [0.29, 0.717) is 63.7 Å². The fourth-order valence-corrected chi connectivity index (χ4v) is 5.36. The lowest BCUT2D eigenvalue weighted by Gasteiger charge is -2.34. The first-order valence-corrected chi connectivity index (χ1v) is 14.1. The van der Waals surface area contributed by atoms with Crippen LogP contribution in [-0.4, -0.2) is 95.8 Å². The summed E-state index contributed by atoms with van der Waals surface area (Å²) in [5.41, 5.74) is 1.24. The lowest BCUT2D eigenvalue weighted by Crippen LogP contribution is -2.48. The number of hydrogen-bond acceptors (Lipinski definition) is 4. The number of likely N-dealkylation sites (tertiary alicyclic amines) is 2. The third-order valence-electron chi connectivity index (χ3n) is 7.65. The number of benzene rings is 1. The number of urea groups is 2. The van der Waals surface area contributed by atoms with E-state index in [9.17, 15) is 19.2 Å². The molecule has 0 aromatic heterocycles. The Bertz CT molecular complexity index is 884. The van der Waals surface area contributed by atoms with Crippen LogP contribution in [0.4, 0.5) is 21.0 Å². The number of hydrogen-bond donors (Lipinski definition) is 2. The van der Waals surface area contributed by atoms with Gasteiger partial charge in [-0.15, -0.1) is 0 Å². The van der Waals surface area contributed by atoms with Crippen molar-refractivity contribution in [3.8, 4) is 0 Å². The van der Waals surface area contributed by atoms with Gasteiger partial charge in [-0.25, -0.2) is 9.59 Å². The Morgan fingerprint density at radius 3 is 1.34 bits per heavy atom. The number of rotatable bonds is 8. The van der Waals surface area contributed by atoms with Crippen molar-refractivity contribution in [2.24, 2.45) is 11.8 Å². The zero-order valence-electron chi connectivity index (χ0n) is 23.4. The van der Waals surface area contributed by atoms with Crippen LogP contribution >= 0.6 is 0 Å². The minimum Gasteiger partial charge on any atom is -0.343 e. The third-order valence-corrected chi connectivity index (χ3v) is 7.65. The fraction of sp³-hybridized carbons (Fsp3) is 0.643. The molecule has 2 fully saturated rings. The molecule has 38 heavy (non-hydrogen) atoms. The van der Waals surface area contributed by atoms with Gasteiger partial charge in [0, 0.05) is 63.7 Å². The minimum atomic E-state index is -0.226. The van der Waals surface area contributed by atoms with Crippen LogP contribution in [0.15, 0.2) is 24.3 Å². The van der Waals surface area contributed by atoms with Gasteiger partial charge in [0.2, 0.25) is 11.8 Å². The maximum Gasteiger partial charge on any atom is 0.321 e. The van der Waals surface area contributed by atoms with Gasteiger partial charge in [-0.1, -0.05) is 0 Å². The summed E-state index contributed by atoms with van der Waals surface area (Å²) in [6.07, 6.45) is 3.20. The van der Waals surface area contributed by atoms with Gasteiger partial charge in [-0.3, -0.25) is 9.59 Å². The van der Waals surface area contributed by atoms with E-state index in [1.807, 2.05) is 37.5 Å². The summed E-state index contributed by atoms with van der Waals surface area (Å²) < 4.78 is 0. The summed E-state index contributed by atoms with van der Waals surface area (Å²) >= 11 is 0. The van der Waals surface area contributed by atoms with Gasteiger partial charge < -0.3 is 30.2 Å².